The van der Waals surface area contributed by atoms with Crippen LogP contribution in [0.4, 0.5) is 0 Å². The Kier molecular flexibility index (Phi) is 4.57. The summed E-state index contributed by atoms with van der Waals surface area (Å²) in [5.41, 5.74) is 1.14. The lowest BCUT2D eigenvalue weighted by molar-refractivity contribution is 0.112. The summed E-state index contributed by atoms with van der Waals surface area (Å²) in [7, 11) is 0. The van der Waals surface area contributed by atoms with Crippen molar-refractivity contribution in [2.45, 2.75) is 45.8 Å². The molecule has 1 aromatic heterocycles. The van der Waals surface area contributed by atoms with E-state index in [4.69, 9.17) is 4.98 Å². The molecular weight excluding hydrogens is 278 g/mol. The molecule has 0 spiro atoms. The molecule has 114 valence electrons. The summed E-state index contributed by atoms with van der Waals surface area (Å²) in [4.78, 5) is 7.38. The first-order chi connectivity index (χ1) is 10.2. The van der Waals surface area contributed by atoms with Crippen molar-refractivity contribution in [3.63, 3.8) is 0 Å². The summed E-state index contributed by atoms with van der Waals surface area (Å²) >= 11 is 1.84. The minimum absolute atomic E-state index is 0.581. The number of rotatable bonds is 4. The van der Waals surface area contributed by atoms with Gasteiger partial charge in [-0.05, 0) is 25.0 Å². The summed E-state index contributed by atoms with van der Waals surface area (Å²) in [6.45, 7) is 10.1. The first kappa shape index (κ1) is 14.9. The summed E-state index contributed by atoms with van der Waals surface area (Å²) < 4.78 is 1.30. The molecule has 4 heteroatoms. The van der Waals surface area contributed by atoms with Gasteiger partial charge in [0.15, 0.2) is 0 Å². The van der Waals surface area contributed by atoms with E-state index in [1.54, 1.807) is 0 Å². The van der Waals surface area contributed by atoms with E-state index < -0.39 is 0 Å². The van der Waals surface area contributed by atoms with Gasteiger partial charge in [-0.15, -0.1) is 11.3 Å². The lowest BCUT2D eigenvalue weighted by atomic mass is 9.96. The number of para-hydroxylation sites is 1. The molecule has 0 radical (unpaired) electrons. The number of fused-ring (bicyclic) bond motifs is 1. The molecular formula is C17H25N3S. The van der Waals surface area contributed by atoms with E-state index in [0.717, 1.165) is 31.1 Å². The van der Waals surface area contributed by atoms with Crippen LogP contribution in [0, 0.1) is 5.92 Å². The zero-order valence-electron chi connectivity index (χ0n) is 13.2. The molecule has 1 aliphatic heterocycles. The number of hydrogen-bond acceptors (Lipinski definition) is 4. The fraction of sp³-hybridized carbons (Fsp3) is 0.588. The van der Waals surface area contributed by atoms with E-state index in [1.807, 2.05) is 11.3 Å². The third-order valence-corrected chi connectivity index (χ3v) is 5.76. The van der Waals surface area contributed by atoms with Gasteiger partial charge >= 0.3 is 0 Å². The van der Waals surface area contributed by atoms with Crippen LogP contribution in [0.1, 0.15) is 32.2 Å². The zero-order valence-corrected chi connectivity index (χ0v) is 14.0. The Morgan fingerprint density at radius 2 is 2.24 bits per heavy atom. The van der Waals surface area contributed by atoms with Crippen molar-refractivity contribution in [3.05, 3.63) is 29.3 Å². The first-order valence-electron chi connectivity index (χ1n) is 7.99. The highest BCUT2D eigenvalue weighted by Crippen LogP contribution is 2.24. The number of thiazole rings is 1. The normalized spacial score (nSPS) is 25.3. The second-order valence-electron chi connectivity index (χ2n) is 6.25. The summed E-state index contributed by atoms with van der Waals surface area (Å²) in [5, 5.41) is 4.95. The van der Waals surface area contributed by atoms with Crippen molar-refractivity contribution in [1.29, 1.82) is 0 Å². The van der Waals surface area contributed by atoms with E-state index >= 15 is 0 Å². The standard InChI is InChI=1S/C17H25N3S/c1-4-12(2)15-10-20(13(3)9-18-15)11-17-19-14-7-5-6-8-16(14)21-17/h5-8,12-13,15,18H,4,9-11H2,1-3H3. The van der Waals surface area contributed by atoms with Crippen molar-refractivity contribution in [3.8, 4) is 0 Å². The van der Waals surface area contributed by atoms with Gasteiger partial charge in [-0.1, -0.05) is 32.4 Å². The van der Waals surface area contributed by atoms with Crippen LogP contribution in [0.3, 0.4) is 0 Å². The molecule has 0 saturated carbocycles. The minimum Gasteiger partial charge on any atom is -0.311 e. The van der Waals surface area contributed by atoms with E-state index in [-0.39, 0.29) is 0 Å². The van der Waals surface area contributed by atoms with E-state index in [0.29, 0.717) is 12.1 Å². The largest absolute Gasteiger partial charge is 0.311 e. The Bertz CT molecular complexity index is 561. The van der Waals surface area contributed by atoms with Crippen LogP contribution in [0.15, 0.2) is 24.3 Å². The van der Waals surface area contributed by atoms with Crippen molar-refractivity contribution in [2.24, 2.45) is 5.92 Å². The van der Waals surface area contributed by atoms with Crippen LogP contribution in [0.2, 0.25) is 0 Å². The minimum atomic E-state index is 0.581. The van der Waals surface area contributed by atoms with E-state index in [9.17, 15) is 0 Å². The number of hydrogen-bond donors (Lipinski definition) is 1. The summed E-state index contributed by atoms with van der Waals surface area (Å²) in [5.74, 6) is 0.732. The Balaban J connectivity index is 1.72. The van der Waals surface area contributed by atoms with Gasteiger partial charge in [0.25, 0.3) is 0 Å². The van der Waals surface area contributed by atoms with Gasteiger partial charge in [-0.3, -0.25) is 4.90 Å². The number of piperazine rings is 1. The number of nitrogens with zero attached hydrogens (tertiary/aromatic N) is 2. The van der Waals surface area contributed by atoms with Crippen LogP contribution in [-0.2, 0) is 6.54 Å². The van der Waals surface area contributed by atoms with Crippen LogP contribution in [0.5, 0.6) is 0 Å². The fourth-order valence-corrected chi connectivity index (χ4v) is 3.99. The predicted molar refractivity (Wildman–Crippen MR) is 90.7 cm³/mol. The van der Waals surface area contributed by atoms with Crippen molar-refractivity contribution >= 4 is 21.6 Å². The van der Waals surface area contributed by atoms with E-state index in [2.05, 4.69) is 55.3 Å². The van der Waals surface area contributed by atoms with Gasteiger partial charge in [0.1, 0.15) is 5.01 Å². The molecule has 21 heavy (non-hydrogen) atoms. The third-order valence-electron chi connectivity index (χ3n) is 4.74. The number of benzene rings is 1. The van der Waals surface area contributed by atoms with Gasteiger partial charge < -0.3 is 5.32 Å². The van der Waals surface area contributed by atoms with Crippen molar-refractivity contribution in [1.82, 2.24) is 15.2 Å². The van der Waals surface area contributed by atoms with Gasteiger partial charge in [0.2, 0.25) is 0 Å². The molecule has 3 unspecified atom stereocenters. The smallest absolute Gasteiger partial charge is 0.108 e. The SMILES string of the molecule is CCC(C)C1CN(Cc2nc3ccccc3s2)C(C)CN1. The monoisotopic (exact) mass is 303 g/mol. The van der Waals surface area contributed by atoms with Gasteiger partial charge in [0, 0.05) is 25.2 Å². The molecule has 0 amide bonds. The van der Waals surface area contributed by atoms with Crippen molar-refractivity contribution in [2.75, 3.05) is 13.1 Å². The Morgan fingerprint density at radius 3 is 3.00 bits per heavy atom. The molecule has 0 aliphatic carbocycles. The third kappa shape index (κ3) is 3.28. The maximum Gasteiger partial charge on any atom is 0.108 e. The van der Waals surface area contributed by atoms with Crippen LogP contribution >= 0.6 is 11.3 Å². The molecule has 3 rings (SSSR count). The highest BCUT2D eigenvalue weighted by molar-refractivity contribution is 7.18. The second kappa shape index (κ2) is 6.42. The highest BCUT2D eigenvalue weighted by Gasteiger charge is 2.28. The number of aromatic nitrogens is 1. The maximum absolute atomic E-state index is 4.79. The van der Waals surface area contributed by atoms with Crippen LogP contribution in [-0.4, -0.2) is 35.1 Å². The van der Waals surface area contributed by atoms with Crippen LogP contribution in [0.25, 0.3) is 10.2 Å². The first-order valence-corrected chi connectivity index (χ1v) is 8.81. The number of nitrogens with one attached hydrogen (secondary N) is 1. The average molecular weight is 303 g/mol. The molecule has 1 N–H and O–H groups in total. The second-order valence-corrected chi connectivity index (χ2v) is 7.37. The fourth-order valence-electron chi connectivity index (χ4n) is 3.00. The van der Waals surface area contributed by atoms with E-state index in [1.165, 1.54) is 16.1 Å². The summed E-state index contributed by atoms with van der Waals surface area (Å²) in [6, 6.07) is 9.63. The molecule has 0 bridgehead atoms. The molecule has 2 heterocycles. The van der Waals surface area contributed by atoms with Gasteiger partial charge in [-0.2, -0.15) is 0 Å². The highest BCUT2D eigenvalue weighted by atomic mass is 32.1. The molecule has 1 aromatic carbocycles. The van der Waals surface area contributed by atoms with Gasteiger partial charge in [0.05, 0.1) is 16.8 Å². The van der Waals surface area contributed by atoms with Gasteiger partial charge in [-0.25, -0.2) is 4.98 Å². The quantitative estimate of drug-likeness (QED) is 0.937. The molecule has 1 fully saturated rings. The topological polar surface area (TPSA) is 28.2 Å². The molecule has 3 nitrogen and oxygen atoms in total. The van der Waals surface area contributed by atoms with Crippen molar-refractivity contribution < 1.29 is 0 Å². The molecule has 3 atom stereocenters. The van der Waals surface area contributed by atoms with Crippen LogP contribution < -0.4 is 5.32 Å². The Hall–Kier alpha value is -0.970. The zero-order chi connectivity index (χ0) is 14.8. The maximum atomic E-state index is 4.79. The average Bonchev–Trinajstić information content (AvgIpc) is 2.91. The summed E-state index contributed by atoms with van der Waals surface area (Å²) in [6.07, 6.45) is 1.24. The molecule has 2 aromatic rings. The molecule has 1 aliphatic rings. The lowest BCUT2D eigenvalue weighted by Crippen LogP contribution is -2.56. The lowest BCUT2D eigenvalue weighted by Gasteiger charge is -2.40. The Labute approximate surface area is 131 Å². The predicted octanol–water partition coefficient (Wildman–Crippen LogP) is 3.50. The molecule has 1 saturated heterocycles. The Morgan fingerprint density at radius 1 is 1.43 bits per heavy atom.